The summed E-state index contributed by atoms with van der Waals surface area (Å²) in [6, 6.07) is 14.7. The molecule has 0 unspecified atom stereocenters. The van der Waals surface area contributed by atoms with E-state index in [-0.39, 0.29) is 0 Å². The molecule has 3 rings (SSSR count). The highest BCUT2D eigenvalue weighted by Crippen LogP contribution is 2.26. The van der Waals surface area contributed by atoms with Crippen molar-refractivity contribution < 1.29 is 14.3 Å². The Kier molecular flexibility index (Phi) is 4.84. The summed E-state index contributed by atoms with van der Waals surface area (Å²) in [6.07, 6.45) is 2.68. The van der Waals surface area contributed by atoms with Crippen LogP contribution in [0.3, 0.4) is 0 Å². The fraction of sp³-hybridized carbons (Fsp3) is 0.190. The van der Waals surface area contributed by atoms with Crippen molar-refractivity contribution in [2.75, 3.05) is 7.11 Å². The number of methoxy groups -OCH3 is 1. The summed E-state index contributed by atoms with van der Waals surface area (Å²) in [5, 5.41) is 0. The second-order valence-corrected chi connectivity index (χ2v) is 5.38. The summed E-state index contributed by atoms with van der Waals surface area (Å²) in [5.74, 6) is 11.9. The average Bonchev–Trinajstić information content (AvgIpc) is 3.44. The average molecular weight is 316 g/mol. The van der Waals surface area contributed by atoms with Gasteiger partial charge in [-0.05, 0) is 61.1 Å². The summed E-state index contributed by atoms with van der Waals surface area (Å²) in [6.45, 7) is 0. The molecule has 0 spiro atoms. The molecule has 118 valence electrons. The molecule has 1 aliphatic carbocycles. The zero-order valence-electron chi connectivity index (χ0n) is 13.3. The molecule has 0 radical (unpaired) electrons. The Balaban J connectivity index is 1.70. The maximum Gasteiger partial charge on any atom is 0.339 e. The van der Waals surface area contributed by atoms with Crippen LogP contribution in [0.1, 0.15) is 34.3 Å². The molecule has 3 nitrogen and oxygen atoms in total. The third kappa shape index (κ3) is 4.18. The maximum atomic E-state index is 11.7. The van der Waals surface area contributed by atoms with E-state index >= 15 is 0 Å². The van der Waals surface area contributed by atoms with Crippen molar-refractivity contribution in [1.29, 1.82) is 0 Å². The maximum absolute atomic E-state index is 11.7. The fourth-order valence-corrected chi connectivity index (χ4v) is 2.08. The lowest BCUT2D eigenvalue weighted by Crippen LogP contribution is -2.03. The van der Waals surface area contributed by atoms with Crippen molar-refractivity contribution in [3.05, 3.63) is 65.2 Å². The smallest absolute Gasteiger partial charge is 0.339 e. The van der Waals surface area contributed by atoms with E-state index in [0.717, 1.165) is 24.2 Å². The first kappa shape index (κ1) is 15.7. The van der Waals surface area contributed by atoms with Crippen LogP contribution in [-0.2, 0) is 4.74 Å². The number of carbonyl (C=O) groups excluding carboxylic acids is 1. The minimum atomic E-state index is -0.404. The van der Waals surface area contributed by atoms with Crippen LogP contribution >= 0.6 is 0 Å². The van der Waals surface area contributed by atoms with Crippen LogP contribution in [0.5, 0.6) is 5.75 Å². The monoisotopic (exact) mass is 316 g/mol. The van der Waals surface area contributed by atoms with E-state index in [1.165, 1.54) is 7.11 Å². The van der Waals surface area contributed by atoms with E-state index in [1.54, 1.807) is 18.2 Å². The summed E-state index contributed by atoms with van der Waals surface area (Å²) in [7, 11) is 1.35. The lowest BCUT2D eigenvalue weighted by Gasteiger charge is -2.02. The van der Waals surface area contributed by atoms with Gasteiger partial charge in [-0.2, -0.15) is 0 Å². The van der Waals surface area contributed by atoms with Gasteiger partial charge in [0.25, 0.3) is 0 Å². The predicted molar refractivity (Wildman–Crippen MR) is 91.6 cm³/mol. The minimum absolute atomic E-state index is 0.391. The van der Waals surface area contributed by atoms with Crippen molar-refractivity contribution in [3.63, 3.8) is 0 Å². The highest BCUT2D eigenvalue weighted by molar-refractivity contribution is 5.92. The second kappa shape index (κ2) is 7.40. The molecule has 0 amide bonds. The van der Waals surface area contributed by atoms with Crippen LogP contribution in [0.25, 0.3) is 0 Å². The lowest BCUT2D eigenvalue weighted by molar-refractivity contribution is 0.0600. The molecule has 2 aromatic carbocycles. The standard InChI is InChI=1S/C21H16O3/c1-23-21(22)20-9-5-4-8-17(20)7-3-2-6-16-10-12-18(13-11-16)24-19-14-15-19/h4-5,8-13,19H,14-15H2,1H3. The first-order valence-electron chi connectivity index (χ1n) is 7.72. The van der Waals surface area contributed by atoms with Crippen LogP contribution in [0, 0.1) is 23.7 Å². The number of benzene rings is 2. The van der Waals surface area contributed by atoms with Gasteiger partial charge in [0.1, 0.15) is 5.75 Å². The molecule has 1 saturated carbocycles. The molecule has 0 heterocycles. The summed E-state index contributed by atoms with van der Waals surface area (Å²) in [5.41, 5.74) is 1.91. The fourth-order valence-electron chi connectivity index (χ4n) is 2.08. The number of hydrogen-bond acceptors (Lipinski definition) is 3. The zero-order chi connectivity index (χ0) is 16.8. The SMILES string of the molecule is COC(=O)c1ccccc1C#CC#Cc1ccc(OC2CC2)cc1. The van der Waals surface area contributed by atoms with Crippen molar-refractivity contribution in [1.82, 2.24) is 0 Å². The first-order valence-corrected chi connectivity index (χ1v) is 7.72. The van der Waals surface area contributed by atoms with Crippen molar-refractivity contribution in [2.24, 2.45) is 0 Å². The van der Waals surface area contributed by atoms with Gasteiger partial charge in [-0.3, -0.25) is 0 Å². The number of rotatable bonds is 3. The first-order chi connectivity index (χ1) is 11.8. The van der Waals surface area contributed by atoms with E-state index in [0.29, 0.717) is 17.2 Å². The summed E-state index contributed by atoms with van der Waals surface area (Å²) in [4.78, 5) is 11.7. The van der Waals surface area contributed by atoms with Gasteiger partial charge in [-0.25, -0.2) is 4.79 Å². The molecule has 1 fully saturated rings. The molecule has 3 heteroatoms. The van der Waals surface area contributed by atoms with Crippen LogP contribution < -0.4 is 4.74 Å². The van der Waals surface area contributed by atoms with Gasteiger partial charge in [0.2, 0.25) is 0 Å². The highest BCUT2D eigenvalue weighted by atomic mass is 16.5. The third-order valence-electron chi connectivity index (χ3n) is 3.48. The molecule has 0 bridgehead atoms. The summed E-state index contributed by atoms with van der Waals surface area (Å²) >= 11 is 0. The predicted octanol–water partition coefficient (Wildman–Crippen LogP) is 3.42. The van der Waals surface area contributed by atoms with Crippen LogP contribution in [0.4, 0.5) is 0 Å². The van der Waals surface area contributed by atoms with Crippen LogP contribution in [0.15, 0.2) is 48.5 Å². The Labute approximate surface area is 141 Å². The zero-order valence-corrected chi connectivity index (χ0v) is 13.3. The number of ether oxygens (including phenoxy) is 2. The Bertz CT molecular complexity index is 854. The van der Waals surface area contributed by atoms with E-state index in [4.69, 9.17) is 9.47 Å². The van der Waals surface area contributed by atoms with Gasteiger partial charge in [0.05, 0.1) is 18.8 Å². The van der Waals surface area contributed by atoms with Gasteiger partial charge in [-0.15, -0.1) is 0 Å². The van der Waals surface area contributed by atoms with E-state index in [9.17, 15) is 4.79 Å². The molecule has 2 aromatic rings. The topological polar surface area (TPSA) is 35.5 Å². The lowest BCUT2D eigenvalue weighted by atomic mass is 10.1. The Hall–Kier alpha value is -3.17. The van der Waals surface area contributed by atoms with Crippen LogP contribution in [0.2, 0.25) is 0 Å². The van der Waals surface area contributed by atoms with E-state index in [2.05, 4.69) is 23.7 Å². The van der Waals surface area contributed by atoms with Gasteiger partial charge < -0.3 is 9.47 Å². The second-order valence-electron chi connectivity index (χ2n) is 5.38. The molecule has 0 saturated heterocycles. The molecule has 1 aliphatic rings. The van der Waals surface area contributed by atoms with Crippen LogP contribution in [-0.4, -0.2) is 19.2 Å². The molecular formula is C21H16O3. The molecule has 24 heavy (non-hydrogen) atoms. The molecule has 0 aliphatic heterocycles. The third-order valence-corrected chi connectivity index (χ3v) is 3.48. The van der Waals surface area contributed by atoms with Gasteiger partial charge >= 0.3 is 5.97 Å². The van der Waals surface area contributed by atoms with E-state index in [1.807, 2.05) is 30.3 Å². The minimum Gasteiger partial charge on any atom is -0.490 e. The number of esters is 1. The molecule has 0 aromatic heterocycles. The molecule has 0 atom stereocenters. The number of hydrogen-bond donors (Lipinski definition) is 0. The molecule has 0 N–H and O–H groups in total. The van der Waals surface area contributed by atoms with Gasteiger partial charge in [0.15, 0.2) is 0 Å². The normalized spacial score (nSPS) is 12.2. The summed E-state index contributed by atoms with van der Waals surface area (Å²) < 4.78 is 10.4. The van der Waals surface area contributed by atoms with Crippen molar-refractivity contribution in [3.8, 4) is 29.4 Å². The van der Waals surface area contributed by atoms with Gasteiger partial charge in [0, 0.05) is 11.1 Å². The van der Waals surface area contributed by atoms with E-state index < -0.39 is 5.97 Å². The quantitative estimate of drug-likeness (QED) is 0.643. The van der Waals surface area contributed by atoms with Crippen molar-refractivity contribution >= 4 is 5.97 Å². The molecular weight excluding hydrogens is 300 g/mol. The Morgan fingerprint density at radius 2 is 1.71 bits per heavy atom. The largest absolute Gasteiger partial charge is 0.490 e. The van der Waals surface area contributed by atoms with Gasteiger partial charge in [-0.1, -0.05) is 24.0 Å². The number of carbonyl (C=O) groups is 1. The Morgan fingerprint density at radius 3 is 2.42 bits per heavy atom. The Morgan fingerprint density at radius 1 is 1.00 bits per heavy atom. The van der Waals surface area contributed by atoms with Crippen molar-refractivity contribution in [2.45, 2.75) is 18.9 Å². The highest BCUT2D eigenvalue weighted by Gasteiger charge is 2.23.